The lowest BCUT2D eigenvalue weighted by molar-refractivity contribution is -0.117. The summed E-state index contributed by atoms with van der Waals surface area (Å²) >= 11 is 0. The number of hydrogen-bond acceptors (Lipinski definition) is 3. The van der Waals surface area contributed by atoms with Crippen molar-refractivity contribution in [3.63, 3.8) is 0 Å². The number of fused-ring (bicyclic) bond motifs is 1. The van der Waals surface area contributed by atoms with E-state index in [1.807, 2.05) is 18.2 Å². The molecule has 0 spiro atoms. The molecular formula is C19H26N2O2. The van der Waals surface area contributed by atoms with Gasteiger partial charge in [0.25, 0.3) is 0 Å². The van der Waals surface area contributed by atoms with Gasteiger partial charge in [0.15, 0.2) is 0 Å². The van der Waals surface area contributed by atoms with Gasteiger partial charge in [0.2, 0.25) is 5.91 Å². The molecule has 1 heterocycles. The molecule has 1 atom stereocenters. The smallest absolute Gasteiger partial charge is 0.246 e. The molecule has 124 valence electrons. The first-order valence-corrected chi connectivity index (χ1v) is 8.66. The minimum absolute atomic E-state index is 0.115. The third kappa shape index (κ3) is 4.35. The molecule has 23 heavy (non-hydrogen) atoms. The van der Waals surface area contributed by atoms with Crippen LogP contribution in [0.5, 0.6) is 5.75 Å². The van der Waals surface area contributed by atoms with E-state index in [2.05, 4.69) is 29.3 Å². The fraction of sp³-hybridized carbons (Fsp3) is 0.526. The Morgan fingerprint density at radius 1 is 1.35 bits per heavy atom. The molecule has 4 nitrogen and oxygen atoms in total. The summed E-state index contributed by atoms with van der Waals surface area (Å²) < 4.78 is 5.97. The van der Waals surface area contributed by atoms with Gasteiger partial charge in [-0.1, -0.05) is 24.3 Å². The van der Waals surface area contributed by atoms with Gasteiger partial charge in [0.05, 0.1) is 0 Å². The van der Waals surface area contributed by atoms with Crippen molar-refractivity contribution in [2.75, 3.05) is 19.6 Å². The van der Waals surface area contributed by atoms with Crippen molar-refractivity contribution in [1.29, 1.82) is 0 Å². The number of rotatable bonds is 4. The normalized spacial score (nSPS) is 21.6. The molecule has 0 bridgehead atoms. The molecule has 1 aliphatic heterocycles. The minimum Gasteiger partial charge on any atom is -0.489 e. The van der Waals surface area contributed by atoms with Crippen molar-refractivity contribution in [2.45, 2.75) is 45.3 Å². The number of hydrogen-bond donors (Lipinski definition) is 1. The zero-order valence-corrected chi connectivity index (χ0v) is 13.9. The number of allylic oxidation sites excluding steroid dienone is 1. The monoisotopic (exact) mass is 314 g/mol. The maximum atomic E-state index is 12.1. The number of carbonyl (C=O) groups excluding carboxylic acids is 1. The summed E-state index contributed by atoms with van der Waals surface area (Å²) in [6, 6.07) is 8.21. The molecule has 0 saturated heterocycles. The van der Waals surface area contributed by atoms with Crippen LogP contribution in [0.4, 0.5) is 0 Å². The van der Waals surface area contributed by atoms with Gasteiger partial charge in [0.1, 0.15) is 11.9 Å². The van der Waals surface area contributed by atoms with Crippen molar-refractivity contribution in [3.05, 3.63) is 41.5 Å². The molecule has 4 heteroatoms. The van der Waals surface area contributed by atoms with Gasteiger partial charge in [-0.3, -0.25) is 9.69 Å². The van der Waals surface area contributed by atoms with Crippen LogP contribution in [0.1, 0.15) is 38.2 Å². The van der Waals surface area contributed by atoms with E-state index in [4.69, 9.17) is 4.74 Å². The van der Waals surface area contributed by atoms with Gasteiger partial charge in [-0.2, -0.15) is 0 Å². The van der Waals surface area contributed by atoms with Gasteiger partial charge in [-0.25, -0.2) is 0 Å². The van der Waals surface area contributed by atoms with Crippen molar-refractivity contribution in [3.8, 4) is 5.75 Å². The molecule has 1 aromatic carbocycles. The standard InChI is InChI=1S/C19H26N2O2/c1-15-13-21(14-17-9-5-6-10-18(17)23-15)12-11-20-19(22)16-7-3-2-4-8-16/h5-7,9-10,15H,2-4,8,11-14H2,1H3,(H,20,22)/t15-/m0/s1. The Labute approximate surface area is 138 Å². The zero-order chi connectivity index (χ0) is 16.1. The second-order valence-corrected chi connectivity index (χ2v) is 6.50. The Kier molecular flexibility index (Phi) is 5.34. The molecule has 2 aliphatic rings. The van der Waals surface area contributed by atoms with E-state index < -0.39 is 0 Å². The lowest BCUT2D eigenvalue weighted by atomic mass is 9.99. The molecule has 0 unspecified atom stereocenters. The van der Waals surface area contributed by atoms with Crippen LogP contribution in [0.2, 0.25) is 0 Å². The van der Waals surface area contributed by atoms with Gasteiger partial charge >= 0.3 is 0 Å². The molecule has 0 fully saturated rings. The first-order chi connectivity index (χ1) is 11.2. The van der Waals surface area contributed by atoms with Crippen LogP contribution >= 0.6 is 0 Å². The number of nitrogens with one attached hydrogen (secondary N) is 1. The number of nitrogens with zero attached hydrogens (tertiary/aromatic N) is 1. The largest absolute Gasteiger partial charge is 0.489 e. The Bertz CT molecular complexity index is 582. The molecule has 0 saturated carbocycles. The summed E-state index contributed by atoms with van der Waals surface area (Å²) in [7, 11) is 0. The van der Waals surface area contributed by atoms with Crippen LogP contribution in [0.3, 0.4) is 0 Å². The third-order valence-corrected chi connectivity index (χ3v) is 4.51. The van der Waals surface area contributed by atoms with E-state index >= 15 is 0 Å². The molecule has 1 N–H and O–H groups in total. The number of carbonyl (C=O) groups is 1. The lowest BCUT2D eigenvalue weighted by Gasteiger charge is -2.22. The van der Waals surface area contributed by atoms with E-state index in [9.17, 15) is 4.79 Å². The Hall–Kier alpha value is -1.81. The number of benzene rings is 1. The fourth-order valence-corrected chi connectivity index (χ4v) is 3.33. The number of amides is 1. The zero-order valence-electron chi connectivity index (χ0n) is 13.9. The summed E-state index contributed by atoms with van der Waals surface area (Å²) in [6.07, 6.45) is 6.57. The summed E-state index contributed by atoms with van der Waals surface area (Å²) in [5.41, 5.74) is 2.19. The highest BCUT2D eigenvalue weighted by molar-refractivity contribution is 5.93. The van der Waals surface area contributed by atoms with Crippen molar-refractivity contribution >= 4 is 5.91 Å². The van der Waals surface area contributed by atoms with Gasteiger partial charge in [0, 0.05) is 37.3 Å². The van der Waals surface area contributed by atoms with Gasteiger partial charge < -0.3 is 10.1 Å². The molecular weight excluding hydrogens is 288 g/mol. The highest BCUT2D eigenvalue weighted by Gasteiger charge is 2.19. The van der Waals surface area contributed by atoms with Crippen LogP contribution < -0.4 is 10.1 Å². The Morgan fingerprint density at radius 3 is 3.04 bits per heavy atom. The van der Waals surface area contributed by atoms with E-state index in [0.717, 1.165) is 50.2 Å². The van der Waals surface area contributed by atoms with Crippen molar-refractivity contribution in [1.82, 2.24) is 10.2 Å². The lowest BCUT2D eigenvalue weighted by Crippen LogP contribution is -2.38. The molecule has 0 radical (unpaired) electrons. The summed E-state index contributed by atoms with van der Waals surface area (Å²) in [5.74, 6) is 1.10. The first-order valence-electron chi connectivity index (χ1n) is 8.66. The Morgan fingerprint density at radius 2 is 2.22 bits per heavy atom. The average Bonchev–Trinajstić information content (AvgIpc) is 2.73. The minimum atomic E-state index is 0.115. The maximum Gasteiger partial charge on any atom is 0.246 e. The van der Waals surface area contributed by atoms with Crippen LogP contribution in [0.15, 0.2) is 35.9 Å². The van der Waals surface area contributed by atoms with Gasteiger partial charge in [-0.05, 0) is 38.7 Å². The quantitative estimate of drug-likeness (QED) is 0.929. The van der Waals surface area contributed by atoms with E-state index in [1.54, 1.807) is 0 Å². The fourth-order valence-electron chi connectivity index (χ4n) is 3.33. The molecule has 0 aromatic heterocycles. The summed E-state index contributed by atoms with van der Waals surface area (Å²) in [6.45, 7) is 5.39. The second kappa shape index (κ2) is 7.64. The van der Waals surface area contributed by atoms with E-state index in [0.29, 0.717) is 6.54 Å². The maximum absolute atomic E-state index is 12.1. The topological polar surface area (TPSA) is 41.6 Å². The van der Waals surface area contributed by atoms with Gasteiger partial charge in [-0.15, -0.1) is 0 Å². The van der Waals surface area contributed by atoms with Crippen LogP contribution in [-0.2, 0) is 11.3 Å². The predicted octanol–water partition coefficient (Wildman–Crippen LogP) is 2.89. The van der Waals surface area contributed by atoms with Crippen LogP contribution in [0.25, 0.3) is 0 Å². The second-order valence-electron chi connectivity index (χ2n) is 6.50. The van der Waals surface area contributed by atoms with E-state index in [1.165, 1.54) is 12.0 Å². The third-order valence-electron chi connectivity index (χ3n) is 4.51. The molecule has 1 amide bonds. The SMILES string of the molecule is C[C@H]1CN(CCNC(=O)C2=CCCCC2)Cc2ccccc2O1. The van der Waals surface area contributed by atoms with E-state index in [-0.39, 0.29) is 12.0 Å². The first kappa shape index (κ1) is 16.1. The van der Waals surface area contributed by atoms with Crippen molar-refractivity contribution in [2.24, 2.45) is 0 Å². The van der Waals surface area contributed by atoms with Crippen LogP contribution in [-0.4, -0.2) is 36.5 Å². The Balaban J connectivity index is 1.52. The predicted molar refractivity (Wildman–Crippen MR) is 91.4 cm³/mol. The highest BCUT2D eigenvalue weighted by atomic mass is 16.5. The molecule has 1 aliphatic carbocycles. The number of ether oxygens (including phenoxy) is 1. The van der Waals surface area contributed by atoms with Crippen molar-refractivity contribution < 1.29 is 9.53 Å². The molecule has 3 rings (SSSR count). The number of para-hydroxylation sites is 1. The average molecular weight is 314 g/mol. The summed E-state index contributed by atoms with van der Waals surface area (Å²) in [4.78, 5) is 14.5. The molecule has 1 aromatic rings. The summed E-state index contributed by atoms with van der Waals surface area (Å²) in [5, 5.41) is 3.07. The highest BCUT2D eigenvalue weighted by Crippen LogP contribution is 2.24. The van der Waals surface area contributed by atoms with Crippen LogP contribution in [0, 0.1) is 0 Å².